The van der Waals surface area contributed by atoms with Crippen molar-refractivity contribution in [3.8, 4) is 5.75 Å². The Balaban J connectivity index is 2.72. The topological polar surface area (TPSA) is 50.4 Å². The summed E-state index contributed by atoms with van der Waals surface area (Å²) in [6, 6.07) is 5.43. The van der Waals surface area contributed by atoms with Crippen LogP contribution >= 0.6 is 15.9 Å². The van der Waals surface area contributed by atoms with E-state index in [-0.39, 0.29) is 12.0 Å². The van der Waals surface area contributed by atoms with Crippen molar-refractivity contribution in [2.24, 2.45) is 0 Å². The minimum atomic E-state index is -0.110. The number of carbonyl (C=O) groups is 1. The number of hydrogen-bond acceptors (Lipinski definition) is 3. The Hall–Kier alpha value is -1.07. The molecule has 106 valence electrons. The minimum absolute atomic E-state index is 0.0302. The normalized spacial score (nSPS) is 10.6. The van der Waals surface area contributed by atoms with Gasteiger partial charge in [-0.1, -0.05) is 22.9 Å². The first kappa shape index (κ1) is 16.0. The lowest BCUT2D eigenvalue weighted by atomic mass is 10.2. The van der Waals surface area contributed by atoms with Crippen LogP contribution in [0.4, 0.5) is 0 Å². The van der Waals surface area contributed by atoms with Crippen LogP contribution in [0.15, 0.2) is 22.7 Å². The molecule has 1 rings (SSSR count). The summed E-state index contributed by atoms with van der Waals surface area (Å²) in [7, 11) is 0. The smallest absolute Gasteiger partial charge is 0.255 e. The molecule has 19 heavy (non-hydrogen) atoms. The Morgan fingerprint density at radius 2 is 2.11 bits per heavy atom. The average Bonchev–Trinajstić information content (AvgIpc) is 2.34. The summed E-state index contributed by atoms with van der Waals surface area (Å²) < 4.78 is 6.56. The largest absolute Gasteiger partial charge is 0.490 e. The minimum Gasteiger partial charge on any atom is -0.490 e. The first-order valence-electron chi connectivity index (χ1n) is 6.49. The fourth-order valence-corrected chi connectivity index (χ4v) is 1.91. The van der Waals surface area contributed by atoms with E-state index < -0.39 is 0 Å². The van der Waals surface area contributed by atoms with Gasteiger partial charge in [0.2, 0.25) is 0 Å². The summed E-state index contributed by atoms with van der Waals surface area (Å²) >= 11 is 3.39. The predicted octanol–water partition coefficient (Wildman–Crippen LogP) is 2.58. The van der Waals surface area contributed by atoms with Crippen molar-refractivity contribution >= 4 is 21.8 Å². The molecule has 0 saturated heterocycles. The highest BCUT2D eigenvalue weighted by Gasteiger charge is 2.13. The van der Waals surface area contributed by atoms with Crippen LogP contribution < -0.4 is 15.4 Å². The maximum absolute atomic E-state index is 12.1. The molecular formula is C14H21BrN2O2. The maximum atomic E-state index is 12.1. The molecule has 0 aliphatic rings. The first-order chi connectivity index (χ1) is 9.04. The SMILES string of the molecule is CCNCCNC(=O)c1ccc(Br)cc1OC(C)C. The van der Waals surface area contributed by atoms with Crippen molar-refractivity contribution < 1.29 is 9.53 Å². The van der Waals surface area contributed by atoms with E-state index in [9.17, 15) is 4.79 Å². The fourth-order valence-electron chi connectivity index (χ4n) is 1.57. The quantitative estimate of drug-likeness (QED) is 0.756. The molecule has 4 nitrogen and oxygen atoms in total. The molecule has 0 bridgehead atoms. The number of nitrogens with one attached hydrogen (secondary N) is 2. The van der Waals surface area contributed by atoms with Gasteiger partial charge < -0.3 is 15.4 Å². The van der Waals surface area contributed by atoms with Crippen molar-refractivity contribution in [3.63, 3.8) is 0 Å². The third-order valence-electron chi connectivity index (χ3n) is 2.39. The number of hydrogen-bond donors (Lipinski definition) is 2. The summed E-state index contributed by atoms with van der Waals surface area (Å²) in [5, 5.41) is 6.03. The van der Waals surface area contributed by atoms with Crippen LogP contribution in [-0.2, 0) is 0 Å². The highest BCUT2D eigenvalue weighted by atomic mass is 79.9. The Morgan fingerprint density at radius 1 is 1.37 bits per heavy atom. The second-order valence-corrected chi connectivity index (χ2v) is 5.33. The van der Waals surface area contributed by atoms with Gasteiger partial charge in [0.1, 0.15) is 5.75 Å². The predicted molar refractivity (Wildman–Crippen MR) is 80.8 cm³/mol. The number of amides is 1. The van der Waals surface area contributed by atoms with E-state index in [2.05, 4.69) is 26.6 Å². The zero-order valence-corrected chi connectivity index (χ0v) is 13.2. The molecule has 1 aromatic rings. The lowest BCUT2D eigenvalue weighted by molar-refractivity contribution is 0.0948. The van der Waals surface area contributed by atoms with Gasteiger partial charge in [0.25, 0.3) is 5.91 Å². The average molecular weight is 329 g/mol. The van der Waals surface area contributed by atoms with Gasteiger partial charge in [-0.05, 0) is 38.6 Å². The first-order valence-corrected chi connectivity index (χ1v) is 7.29. The number of halogens is 1. The molecule has 1 aromatic carbocycles. The Kier molecular flexibility index (Phi) is 6.87. The summed E-state index contributed by atoms with van der Waals surface area (Å²) in [4.78, 5) is 12.1. The lowest BCUT2D eigenvalue weighted by Gasteiger charge is -2.14. The van der Waals surface area contributed by atoms with E-state index in [1.54, 1.807) is 6.07 Å². The van der Waals surface area contributed by atoms with Crippen LogP contribution in [0.1, 0.15) is 31.1 Å². The van der Waals surface area contributed by atoms with Gasteiger partial charge in [-0.3, -0.25) is 4.79 Å². The number of ether oxygens (including phenoxy) is 1. The van der Waals surface area contributed by atoms with Crippen molar-refractivity contribution in [2.75, 3.05) is 19.6 Å². The van der Waals surface area contributed by atoms with Crippen LogP contribution in [0.3, 0.4) is 0 Å². The van der Waals surface area contributed by atoms with Crippen LogP contribution in [0.5, 0.6) is 5.75 Å². The fraction of sp³-hybridized carbons (Fsp3) is 0.500. The molecule has 0 heterocycles. The standard InChI is InChI=1S/C14H21BrN2O2/c1-4-16-7-8-17-14(18)12-6-5-11(15)9-13(12)19-10(2)3/h5-6,9-10,16H,4,7-8H2,1-3H3,(H,17,18). The summed E-state index contributed by atoms with van der Waals surface area (Å²) in [5.41, 5.74) is 0.563. The Labute approximate surface area is 123 Å². The second kappa shape index (κ2) is 8.17. The molecule has 0 aliphatic carbocycles. The van der Waals surface area contributed by atoms with Gasteiger partial charge in [-0.15, -0.1) is 0 Å². The Bertz CT molecular complexity index is 422. The zero-order chi connectivity index (χ0) is 14.3. The van der Waals surface area contributed by atoms with Gasteiger partial charge in [0, 0.05) is 17.6 Å². The number of benzene rings is 1. The van der Waals surface area contributed by atoms with Crippen LogP contribution in [-0.4, -0.2) is 31.6 Å². The molecule has 5 heteroatoms. The molecule has 0 aliphatic heterocycles. The zero-order valence-electron chi connectivity index (χ0n) is 11.6. The summed E-state index contributed by atoms with van der Waals surface area (Å²) in [6.45, 7) is 8.17. The molecule has 0 unspecified atom stereocenters. The highest BCUT2D eigenvalue weighted by molar-refractivity contribution is 9.10. The van der Waals surface area contributed by atoms with Gasteiger partial charge in [-0.25, -0.2) is 0 Å². The van der Waals surface area contributed by atoms with Crippen molar-refractivity contribution in [1.82, 2.24) is 10.6 Å². The summed E-state index contributed by atoms with van der Waals surface area (Å²) in [5.74, 6) is 0.492. The van der Waals surface area contributed by atoms with Gasteiger partial charge >= 0.3 is 0 Å². The highest BCUT2D eigenvalue weighted by Crippen LogP contribution is 2.24. The molecular weight excluding hydrogens is 308 g/mol. The van der Waals surface area contributed by atoms with E-state index in [1.165, 1.54) is 0 Å². The number of rotatable bonds is 7. The van der Waals surface area contributed by atoms with E-state index in [1.807, 2.05) is 32.9 Å². The van der Waals surface area contributed by atoms with Gasteiger partial charge in [-0.2, -0.15) is 0 Å². The van der Waals surface area contributed by atoms with Crippen molar-refractivity contribution in [3.05, 3.63) is 28.2 Å². The summed E-state index contributed by atoms with van der Waals surface area (Å²) in [6.07, 6.45) is 0.0302. The van der Waals surface area contributed by atoms with E-state index in [4.69, 9.17) is 4.74 Å². The molecule has 1 amide bonds. The molecule has 2 N–H and O–H groups in total. The Morgan fingerprint density at radius 3 is 2.74 bits per heavy atom. The lowest BCUT2D eigenvalue weighted by Crippen LogP contribution is -2.32. The molecule has 0 spiro atoms. The maximum Gasteiger partial charge on any atom is 0.255 e. The van der Waals surface area contributed by atoms with Crippen LogP contribution in [0.2, 0.25) is 0 Å². The molecule has 0 aromatic heterocycles. The molecule has 0 saturated carbocycles. The van der Waals surface area contributed by atoms with Crippen LogP contribution in [0.25, 0.3) is 0 Å². The number of carbonyl (C=O) groups excluding carboxylic acids is 1. The third-order valence-corrected chi connectivity index (χ3v) is 2.88. The van der Waals surface area contributed by atoms with Gasteiger partial charge in [0.05, 0.1) is 11.7 Å². The van der Waals surface area contributed by atoms with Crippen molar-refractivity contribution in [2.45, 2.75) is 26.9 Å². The third kappa shape index (κ3) is 5.61. The van der Waals surface area contributed by atoms with E-state index >= 15 is 0 Å². The van der Waals surface area contributed by atoms with E-state index in [0.29, 0.717) is 17.9 Å². The molecule has 0 radical (unpaired) electrons. The van der Waals surface area contributed by atoms with E-state index in [0.717, 1.165) is 17.6 Å². The second-order valence-electron chi connectivity index (χ2n) is 4.42. The van der Waals surface area contributed by atoms with Crippen LogP contribution in [0, 0.1) is 0 Å². The molecule has 0 atom stereocenters. The van der Waals surface area contributed by atoms with Crippen molar-refractivity contribution in [1.29, 1.82) is 0 Å². The van der Waals surface area contributed by atoms with Gasteiger partial charge in [0.15, 0.2) is 0 Å². The molecule has 0 fully saturated rings. The number of likely N-dealkylation sites (N-methyl/N-ethyl adjacent to an activating group) is 1. The monoisotopic (exact) mass is 328 g/mol.